The van der Waals surface area contributed by atoms with Crippen LogP contribution >= 0.6 is 0 Å². The zero-order chi connectivity index (χ0) is 12.7. The number of hydrogen-bond acceptors (Lipinski definition) is 3. The summed E-state index contributed by atoms with van der Waals surface area (Å²) in [5, 5.41) is 0. The van der Waals surface area contributed by atoms with E-state index in [0.717, 1.165) is 32.5 Å². The molecule has 0 aliphatic heterocycles. The van der Waals surface area contributed by atoms with Crippen molar-refractivity contribution >= 4 is 0 Å². The topological polar surface area (TPSA) is 38.5 Å². The van der Waals surface area contributed by atoms with Crippen molar-refractivity contribution in [3.63, 3.8) is 0 Å². The number of hydrogen-bond donors (Lipinski definition) is 1. The Balaban J connectivity index is 2.62. The Morgan fingerprint density at radius 1 is 1.24 bits per heavy atom. The zero-order valence-electron chi connectivity index (χ0n) is 11.9. The molecule has 17 heavy (non-hydrogen) atoms. The van der Waals surface area contributed by atoms with Crippen LogP contribution in [0.15, 0.2) is 0 Å². The highest BCUT2D eigenvalue weighted by Gasteiger charge is 2.42. The quantitative estimate of drug-likeness (QED) is 0.664. The van der Waals surface area contributed by atoms with Crippen molar-refractivity contribution in [2.24, 2.45) is 5.73 Å². The van der Waals surface area contributed by atoms with Crippen LogP contribution in [0.1, 0.15) is 52.4 Å². The highest BCUT2D eigenvalue weighted by molar-refractivity contribution is 5.01. The molecule has 3 heteroatoms. The van der Waals surface area contributed by atoms with Gasteiger partial charge in [0.25, 0.3) is 0 Å². The van der Waals surface area contributed by atoms with Crippen LogP contribution in [0.3, 0.4) is 0 Å². The van der Waals surface area contributed by atoms with Gasteiger partial charge in [0.1, 0.15) is 0 Å². The van der Waals surface area contributed by atoms with Crippen LogP contribution in [-0.4, -0.2) is 43.3 Å². The van der Waals surface area contributed by atoms with Gasteiger partial charge in [0, 0.05) is 25.3 Å². The summed E-state index contributed by atoms with van der Waals surface area (Å²) in [4.78, 5) is 2.59. The van der Waals surface area contributed by atoms with E-state index < -0.39 is 0 Å². The Hall–Kier alpha value is -0.120. The van der Waals surface area contributed by atoms with Crippen LogP contribution in [0.25, 0.3) is 0 Å². The van der Waals surface area contributed by atoms with Crippen LogP contribution in [0.5, 0.6) is 0 Å². The smallest absolute Gasteiger partial charge is 0.0462 e. The minimum atomic E-state index is 0.275. The van der Waals surface area contributed by atoms with Gasteiger partial charge in [0.2, 0.25) is 0 Å². The summed E-state index contributed by atoms with van der Waals surface area (Å²) < 4.78 is 5.13. The number of rotatable bonds is 8. The van der Waals surface area contributed by atoms with E-state index in [1.165, 1.54) is 25.7 Å². The molecule has 1 aliphatic rings. The predicted molar refractivity (Wildman–Crippen MR) is 73.2 cm³/mol. The summed E-state index contributed by atoms with van der Waals surface area (Å²) in [5.74, 6) is 0. The van der Waals surface area contributed by atoms with Gasteiger partial charge < -0.3 is 10.5 Å². The zero-order valence-corrected chi connectivity index (χ0v) is 11.9. The molecule has 1 fully saturated rings. The van der Waals surface area contributed by atoms with Crippen LogP contribution < -0.4 is 5.73 Å². The predicted octanol–water partition coefficient (Wildman–Crippen LogP) is 2.39. The maximum Gasteiger partial charge on any atom is 0.0462 e. The lowest BCUT2D eigenvalue weighted by molar-refractivity contribution is 0.0699. The van der Waals surface area contributed by atoms with E-state index in [-0.39, 0.29) is 5.54 Å². The van der Waals surface area contributed by atoms with Crippen molar-refractivity contribution in [3.05, 3.63) is 0 Å². The molecule has 3 nitrogen and oxygen atoms in total. The second-order valence-corrected chi connectivity index (χ2v) is 5.22. The van der Waals surface area contributed by atoms with Crippen LogP contribution in [0.2, 0.25) is 0 Å². The van der Waals surface area contributed by atoms with Crippen molar-refractivity contribution < 1.29 is 4.74 Å². The molecule has 0 aromatic heterocycles. The highest BCUT2D eigenvalue weighted by atomic mass is 16.5. The first kappa shape index (κ1) is 14.9. The van der Waals surface area contributed by atoms with Crippen molar-refractivity contribution in [1.29, 1.82) is 0 Å². The molecule has 0 spiro atoms. The molecule has 0 heterocycles. The number of nitrogens with zero attached hydrogens (tertiary/aromatic N) is 1. The third kappa shape index (κ3) is 3.43. The summed E-state index contributed by atoms with van der Waals surface area (Å²) in [6, 6.07) is 0.306. The van der Waals surface area contributed by atoms with Gasteiger partial charge in [-0.25, -0.2) is 0 Å². The molecular formula is C14H30N2O. The van der Waals surface area contributed by atoms with Gasteiger partial charge in [-0.15, -0.1) is 0 Å². The Morgan fingerprint density at radius 2 is 1.82 bits per heavy atom. The van der Waals surface area contributed by atoms with Crippen LogP contribution in [0, 0.1) is 0 Å². The van der Waals surface area contributed by atoms with Gasteiger partial charge in [-0.2, -0.15) is 0 Å². The van der Waals surface area contributed by atoms with E-state index in [2.05, 4.69) is 18.7 Å². The average Bonchev–Trinajstić information content (AvgIpc) is 2.81. The fourth-order valence-corrected chi connectivity index (χ4v) is 3.48. The van der Waals surface area contributed by atoms with E-state index in [0.29, 0.717) is 6.04 Å². The molecule has 1 saturated carbocycles. The molecule has 0 amide bonds. The van der Waals surface area contributed by atoms with Crippen molar-refractivity contribution in [2.45, 2.75) is 64.0 Å². The van der Waals surface area contributed by atoms with Gasteiger partial charge in [0.15, 0.2) is 0 Å². The van der Waals surface area contributed by atoms with E-state index >= 15 is 0 Å². The Morgan fingerprint density at radius 3 is 2.29 bits per heavy atom. The first-order valence-corrected chi connectivity index (χ1v) is 7.20. The van der Waals surface area contributed by atoms with Crippen LogP contribution in [0.4, 0.5) is 0 Å². The molecule has 2 N–H and O–H groups in total. The molecular weight excluding hydrogens is 212 g/mol. The van der Waals surface area contributed by atoms with E-state index in [1.54, 1.807) is 7.11 Å². The molecule has 0 aromatic rings. The third-order valence-electron chi connectivity index (χ3n) is 4.42. The largest absolute Gasteiger partial charge is 0.385 e. The third-order valence-corrected chi connectivity index (χ3v) is 4.42. The van der Waals surface area contributed by atoms with Gasteiger partial charge >= 0.3 is 0 Å². The second kappa shape index (κ2) is 7.34. The number of likely N-dealkylation sites (N-methyl/N-ethyl adjacent to an activating group) is 1. The fourth-order valence-electron chi connectivity index (χ4n) is 3.48. The minimum Gasteiger partial charge on any atom is -0.385 e. The van der Waals surface area contributed by atoms with Gasteiger partial charge in [-0.05, 0) is 38.8 Å². The SMILES string of the molecule is CCN(CC)C1(C(N)CCCOC)CCCC1. The minimum absolute atomic E-state index is 0.275. The van der Waals surface area contributed by atoms with Gasteiger partial charge in [0.05, 0.1) is 0 Å². The summed E-state index contributed by atoms with van der Waals surface area (Å²) >= 11 is 0. The molecule has 1 aliphatic carbocycles. The monoisotopic (exact) mass is 242 g/mol. The lowest BCUT2D eigenvalue weighted by Gasteiger charge is -2.45. The van der Waals surface area contributed by atoms with E-state index in [9.17, 15) is 0 Å². The first-order chi connectivity index (χ1) is 8.21. The van der Waals surface area contributed by atoms with E-state index in [4.69, 9.17) is 10.5 Å². The summed E-state index contributed by atoms with van der Waals surface area (Å²) in [5.41, 5.74) is 6.78. The molecule has 0 radical (unpaired) electrons. The fraction of sp³-hybridized carbons (Fsp3) is 1.00. The average molecular weight is 242 g/mol. The Kier molecular flexibility index (Phi) is 6.45. The van der Waals surface area contributed by atoms with Crippen molar-refractivity contribution in [3.8, 4) is 0 Å². The van der Waals surface area contributed by atoms with Crippen molar-refractivity contribution in [2.75, 3.05) is 26.8 Å². The lowest BCUT2D eigenvalue weighted by atomic mass is 9.84. The summed E-state index contributed by atoms with van der Waals surface area (Å²) in [6.07, 6.45) is 7.42. The first-order valence-electron chi connectivity index (χ1n) is 7.20. The molecule has 1 unspecified atom stereocenters. The van der Waals surface area contributed by atoms with Crippen LogP contribution in [-0.2, 0) is 4.74 Å². The molecule has 102 valence electrons. The summed E-state index contributed by atoms with van der Waals surface area (Å²) in [7, 11) is 1.77. The molecule has 0 bridgehead atoms. The Labute approximate surface area is 107 Å². The Bertz CT molecular complexity index is 198. The molecule has 1 rings (SSSR count). The molecule has 0 aromatic carbocycles. The maximum atomic E-state index is 6.51. The number of methoxy groups -OCH3 is 1. The van der Waals surface area contributed by atoms with Crippen molar-refractivity contribution in [1.82, 2.24) is 4.90 Å². The second-order valence-electron chi connectivity index (χ2n) is 5.22. The van der Waals surface area contributed by atoms with Gasteiger partial charge in [-0.3, -0.25) is 4.90 Å². The molecule has 0 saturated heterocycles. The standard InChI is InChI=1S/C14H30N2O/c1-4-16(5-2)14(10-6-7-11-14)13(15)9-8-12-17-3/h13H,4-12,15H2,1-3H3. The number of ether oxygens (including phenoxy) is 1. The van der Waals surface area contributed by atoms with Gasteiger partial charge in [-0.1, -0.05) is 26.7 Å². The number of nitrogens with two attached hydrogens (primary N) is 1. The summed E-state index contributed by atoms with van der Waals surface area (Å²) in [6.45, 7) is 7.59. The highest BCUT2D eigenvalue weighted by Crippen LogP contribution is 2.38. The molecule has 1 atom stereocenters. The normalized spacial score (nSPS) is 21.0. The lowest BCUT2D eigenvalue weighted by Crippen LogP contribution is -2.58. The maximum absolute atomic E-state index is 6.51. The van der Waals surface area contributed by atoms with E-state index in [1.807, 2.05) is 0 Å².